The maximum atomic E-state index is 9.76. The summed E-state index contributed by atoms with van der Waals surface area (Å²) in [5.41, 5.74) is 0. The van der Waals surface area contributed by atoms with Gasteiger partial charge in [0.2, 0.25) is 0 Å². The average Bonchev–Trinajstić information content (AvgIpc) is 3.38. The van der Waals surface area contributed by atoms with E-state index in [9.17, 15) is 24.6 Å². The predicted molar refractivity (Wildman–Crippen MR) is 296 cm³/mol. The quantitative estimate of drug-likeness (QED) is 0.0252. The SMILES string of the molecule is CC(=O)[O-].CC(=O)[O-].CC(=O)[OH2+].CCCCC(=O)O.CCCCC(=O)[O-].CCCCC(=O)[O-].OCCC(CCO)CC[NH+](CCO)CCO.OCCC(CCO)CC[NH+](CCO)CCO.OCCN(CCO)CCN(CCO)CCO. The van der Waals surface area contributed by atoms with Gasteiger partial charge in [0.1, 0.15) is 26.2 Å². The summed E-state index contributed by atoms with van der Waals surface area (Å²) in [7, 11) is 0. The van der Waals surface area contributed by atoms with Crippen molar-refractivity contribution in [2.24, 2.45) is 11.8 Å². The van der Waals surface area contributed by atoms with Crippen molar-refractivity contribution in [3.63, 3.8) is 0 Å². The molecule has 0 aliphatic carbocycles. The zero-order valence-corrected chi connectivity index (χ0v) is 50.0. The molecule has 0 fully saturated rings. The van der Waals surface area contributed by atoms with Gasteiger partial charge < -0.3 is 121 Å². The van der Waals surface area contributed by atoms with Crippen LogP contribution < -0.4 is 30.2 Å². The second kappa shape index (κ2) is 85.0. The third-order valence-corrected chi connectivity index (χ3v) is 10.4. The molecule has 81 heavy (non-hydrogen) atoms. The third kappa shape index (κ3) is 120. The molecule has 0 saturated carbocycles. The van der Waals surface area contributed by atoms with E-state index in [-0.39, 0.29) is 92.1 Å². The number of carbonyl (C=O) groups excluding carboxylic acids is 5. The van der Waals surface area contributed by atoms with Gasteiger partial charge in [0.05, 0.1) is 72.9 Å². The lowest BCUT2D eigenvalue weighted by Crippen LogP contribution is -3.13. The van der Waals surface area contributed by atoms with Crippen LogP contribution in [0, 0.1) is 11.8 Å². The Morgan fingerprint density at radius 3 is 0.741 bits per heavy atom. The van der Waals surface area contributed by atoms with E-state index in [1.165, 1.54) is 16.7 Å². The first-order chi connectivity index (χ1) is 38.3. The minimum Gasteiger partial charge on any atom is -0.565 e. The summed E-state index contributed by atoms with van der Waals surface area (Å²) < 4.78 is 0. The van der Waals surface area contributed by atoms with Gasteiger partial charge in [-0.1, -0.05) is 40.0 Å². The first kappa shape index (κ1) is 96.4. The molecular formula is C53H115N4O24-. The number of aliphatic carboxylic acids is 5. The fourth-order valence-corrected chi connectivity index (χ4v) is 6.28. The molecule has 0 saturated heterocycles. The summed E-state index contributed by atoms with van der Waals surface area (Å²) in [4.78, 5) is 62.2. The molecule has 0 aromatic rings. The summed E-state index contributed by atoms with van der Waals surface area (Å²) in [5, 5.41) is 157. The lowest BCUT2D eigenvalue weighted by atomic mass is 9.98. The molecule has 492 valence electrons. The van der Waals surface area contributed by atoms with E-state index < -0.39 is 35.8 Å². The molecule has 0 amide bonds. The molecule has 0 bridgehead atoms. The Balaban J connectivity index is -0.000000108. The van der Waals surface area contributed by atoms with Gasteiger partial charge in [-0.15, -0.1) is 0 Å². The van der Waals surface area contributed by atoms with E-state index in [0.29, 0.717) is 109 Å². The van der Waals surface area contributed by atoms with Crippen LogP contribution in [0.15, 0.2) is 0 Å². The fraction of sp³-hybridized carbons (Fsp3) is 0.887. The minimum absolute atomic E-state index is 0.0694. The van der Waals surface area contributed by atoms with Crippen LogP contribution in [-0.4, -0.2) is 275 Å². The van der Waals surface area contributed by atoms with Crippen LogP contribution in [0.5, 0.6) is 0 Å². The maximum absolute atomic E-state index is 9.76. The molecule has 0 unspecified atom stereocenters. The normalized spacial score (nSPS) is 10.1. The summed E-state index contributed by atoms with van der Waals surface area (Å²) in [6, 6.07) is 0. The number of aliphatic hydroxyl groups is 12. The predicted octanol–water partition coefficient (Wildman–Crippen LogP) is -9.30. The molecule has 0 aromatic carbocycles. The van der Waals surface area contributed by atoms with Crippen molar-refractivity contribution in [1.29, 1.82) is 0 Å². The van der Waals surface area contributed by atoms with E-state index in [1.54, 1.807) is 0 Å². The van der Waals surface area contributed by atoms with Gasteiger partial charge in [-0.2, -0.15) is 0 Å². The van der Waals surface area contributed by atoms with Gasteiger partial charge >= 0.3 is 11.9 Å². The monoisotopic (exact) mass is 1190 g/mol. The Morgan fingerprint density at radius 1 is 0.383 bits per heavy atom. The van der Waals surface area contributed by atoms with Crippen molar-refractivity contribution in [1.82, 2.24) is 9.80 Å². The lowest BCUT2D eigenvalue weighted by Gasteiger charge is -2.25. The number of carboxylic acids is 5. The smallest absolute Gasteiger partial charge is 0.512 e. The zero-order chi connectivity index (χ0) is 64.5. The van der Waals surface area contributed by atoms with Crippen molar-refractivity contribution < 1.29 is 130 Å². The topological polar surface area (TPSA) is 496 Å². The molecule has 17 N–H and O–H groups in total. The number of nitrogens with one attached hydrogen (secondary N) is 2. The van der Waals surface area contributed by atoms with Gasteiger partial charge in [0, 0.05) is 101 Å². The number of aliphatic hydroxyl groups excluding tert-OH is 12. The van der Waals surface area contributed by atoms with Crippen LogP contribution in [0.2, 0.25) is 0 Å². The van der Waals surface area contributed by atoms with Crippen LogP contribution in [0.3, 0.4) is 0 Å². The molecule has 0 aliphatic heterocycles. The molecule has 0 aliphatic rings. The van der Waals surface area contributed by atoms with Crippen molar-refractivity contribution in [3.05, 3.63) is 0 Å². The van der Waals surface area contributed by atoms with E-state index in [1.807, 2.05) is 30.6 Å². The highest BCUT2D eigenvalue weighted by Crippen LogP contribution is 2.11. The summed E-state index contributed by atoms with van der Waals surface area (Å²) in [5.74, 6) is -4.66. The summed E-state index contributed by atoms with van der Waals surface area (Å²) in [6.45, 7) is 18.3. The molecule has 28 nitrogen and oxygen atoms in total. The lowest BCUT2D eigenvalue weighted by molar-refractivity contribution is -0.901. The standard InChI is InChI=1S/2C11H25NO4.C10H24N2O4.3C5H10O2.3C2H4O2/c2*13-7-2-11(3-8-14)1-4-12(5-9-15)6-10-16;13-7-3-11(4-8-14)1-2-12(5-9-15)6-10-16;3*1-2-3-4-5(6)7;3*1-2(3)4/h2*11,13-16H,1-10H2;13-16H,1-10H2;3*2-4H2,1H3,(H,6,7);3*1H3,(H,3,4)/p-1. The average molecular weight is 1190 g/mol. The number of hydrogen-bond acceptors (Lipinski definition) is 24. The van der Waals surface area contributed by atoms with Crippen LogP contribution in [0.25, 0.3) is 0 Å². The number of carboxylic acid groups (broad SMARTS) is 5. The van der Waals surface area contributed by atoms with Crippen LogP contribution >= 0.6 is 0 Å². The Labute approximate surface area is 482 Å². The number of nitrogens with zero attached hydrogens (tertiary/aromatic N) is 2. The largest absolute Gasteiger partial charge is 0.565 e. The Hall–Kier alpha value is -3.82. The van der Waals surface area contributed by atoms with E-state index in [2.05, 4.69) is 0 Å². The molecule has 0 spiro atoms. The molecule has 0 atom stereocenters. The Morgan fingerprint density at radius 2 is 0.605 bits per heavy atom. The molecule has 0 rings (SSSR count). The first-order valence-electron chi connectivity index (χ1n) is 28.0. The second-order valence-electron chi connectivity index (χ2n) is 17.8. The maximum Gasteiger partial charge on any atom is 0.512 e. The molecule has 0 heterocycles. The minimum atomic E-state index is -1.08. The van der Waals surface area contributed by atoms with E-state index in [0.717, 1.165) is 78.3 Å². The fourth-order valence-electron chi connectivity index (χ4n) is 6.28. The van der Waals surface area contributed by atoms with E-state index in [4.69, 9.17) is 96.1 Å². The highest BCUT2D eigenvalue weighted by molar-refractivity contribution is 5.66. The Bertz CT molecular complexity index is 1040. The van der Waals surface area contributed by atoms with Crippen molar-refractivity contribution in [2.45, 2.75) is 138 Å². The van der Waals surface area contributed by atoms with Gasteiger partial charge in [0.15, 0.2) is 0 Å². The number of hydrogen-bond donors (Lipinski definition) is 15. The first-order valence-corrected chi connectivity index (χ1v) is 28.0. The second-order valence-corrected chi connectivity index (χ2v) is 17.8. The molecular weight excluding hydrogens is 1080 g/mol. The number of carbonyl (C=O) groups is 6. The molecule has 0 aromatic heterocycles. The van der Waals surface area contributed by atoms with Gasteiger partial charge in [-0.3, -0.25) is 14.6 Å². The van der Waals surface area contributed by atoms with Crippen molar-refractivity contribution in [2.75, 3.05) is 158 Å². The highest BCUT2D eigenvalue weighted by atomic mass is 16.4. The highest BCUT2D eigenvalue weighted by Gasteiger charge is 2.15. The molecule has 28 heteroatoms. The number of quaternary nitrogens is 2. The van der Waals surface area contributed by atoms with Crippen molar-refractivity contribution >= 4 is 35.8 Å². The summed E-state index contributed by atoms with van der Waals surface area (Å²) in [6.07, 6.45) is 10.5. The zero-order valence-electron chi connectivity index (χ0n) is 50.0. The Kier molecular flexibility index (Phi) is 101. The third-order valence-electron chi connectivity index (χ3n) is 10.4. The number of unbranched alkanes of at least 4 members (excludes halogenated alkanes) is 3. The summed E-state index contributed by atoms with van der Waals surface area (Å²) >= 11 is 0. The number of rotatable bonds is 42. The van der Waals surface area contributed by atoms with Crippen LogP contribution in [-0.2, 0) is 28.8 Å². The van der Waals surface area contributed by atoms with E-state index >= 15 is 0 Å². The van der Waals surface area contributed by atoms with Crippen molar-refractivity contribution in [3.8, 4) is 0 Å². The van der Waals surface area contributed by atoms with Gasteiger partial charge in [0.25, 0.3) is 0 Å². The van der Waals surface area contributed by atoms with Gasteiger partial charge in [-0.25, -0.2) is 0 Å². The van der Waals surface area contributed by atoms with Crippen LogP contribution in [0.4, 0.5) is 0 Å². The van der Waals surface area contributed by atoms with Gasteiger partial charge in [-0.05, 0) is 96.3 Å². The molecule has 0 radical (unpaired) electrons. The van der Waals surface area contributed by atoms with Crippen LogP contribution in [0.1, 0.15) is 138 Å².